The highest BCUT2D eigenvalue weighted by molar-refractivity contribution is 7.80. The molecule has 0 radical (unpaired) electrons. The van der Waals surface area contributed by atoms with Gasteiger partial charge in [-0.2, -0.15) is 0 Å². The molecule has 8 heteroatoms. The minimum atomic E-state index is -0.810. The molecule has 1 saturated carbocycles. The second-order valence-electron chi connectivity index (χ2n) is 7.88. The average molecular weight is 444 g/mol. The largest absolute Gasteiger partial charge is 0.333 e. The maximum atomic E-state index is 14.5. The maximum Gasteiger partial charge on any atom is 0.256 e. The van der Waals surface area contributed by atoms with Crippen LogP contribution >= 0.6 is 12.2 Å². The van der Waals surface area contributed by atoms with Crippen LogP contribution in [-0.2, 0) is 9.59 Å². The number of benzene rings is 2. The van der Waals surface area contributed by atoms with Crippen molar-refractivity contribution in [1.29, 1.82) is 0 Å². The summed E-state index contributed by atoms with van der Waals surface area (Å²) in [7, 11) is 0. The fourth-order valence-electron chi connectivity index (χ4n) is 4.34. The van der Waals surface area contributed by atoms with E-state index in [1.807, 2.05) is 4.90 Å². The first-order valence-electron chi connectivity index (χ1n) is 10.4. The molecule has 2 amide bonds. The molecule has 4 rings (SSSR count). The van der Waals surface area contributed by atoms with Crippen LogP contribution in [0.15, 0.2) is 48.5 Å². The van der Waals surface area contributed by atoms with Crippen molar-refractivity contribution >= 4 is 40.5 Å². The van der Waals surface area contributed by atoms with Gasteiger partial charge in [0.25, 0.3) is 5.91 Å². The molecule has 2 fully saturated rings. The van der Waals surface area contributed by atoms with Gasteiger partial charge in [0.1, 0.15) is 17.7 Å². The first-order chi connectivity index (χ1) is 15.0. The van der Waals surface area contributed by atoms with E-state index in [0.717, 1.165) is 32.1 Å². The van der Waals surface area contributed by atoms with Crippen molar-refractivity contribution in [3.63, 3.8) is 0 Å². The molecule has 2 aliphatic rings. The smallest absolute Gasteiger partial charge is 0.256 e. The topological polar surface area (TPSA) is 52.7 Å². The van der Waals surface area contributed by atoms with Crippen molar-refractivity contribution in [3.05, 3.63) is 60.2 Å². The highest BCUT2D eigenvalue weighted by Gasteiger charge is 2.47. The molecule has 162 valence electrons. The van der Waals surface area contributed by atoms with E-state index in [1.165, 1.54) is 41.3 Å². The Balaban J connectivity index is 1.60. The average Bonchev–Trinajstić information content (AvgIpc) is 3.00. The van der Waals surface area contributed by atoms with E-state index in [1.54, 1.807) is 12.1 Å². The fraction of sp³-hybridized carbons (Fsp3) is 0.348. The number of amides is 2. The molecular weight excluding hydrogens is 420 g/mol. The quantitative estimate of drug-likeness (QED) is 0.685. The third kappa shape index (κ3) is 4.44. The number of nitrogens with zero attached hydrogens (tertiary/aromatic N) is 2. The molecule has 31 heavy (non-hydrogen) atoms. The third-order valence-electron chi connectivity index (χ3n) is 5.82. The second kappa shape index (κ2) is 9.09. The Labute approximate surface area is 185 Å². The molecule has 0 unspecified atom stereocenters. The number of hydrogen-bond acceptors (Lipinski definition) is 3. The van der Waals surface area contributed by atoms with E-state index in [4.69, 9.17) is 12.2 Å². The van der Waals surface area contributed by atoms with Gasteiger partial charge in [0.05, 0.1) is 12.1 Å². The molecule has 1 heterocycles. The van der Waals surface area contributed by atoms with Gasteiger partial charge in [-0.05, 0) is 61.5 Å². The number of thiocarbonyl (C=S) groups is 1. The molecule has 2 aromatic carbocycles. The second-order valence-corrected chi connectivity index (χ2v) is 8.25. The van der Waals surface area contributed by atoms with Crippen LogP contribution in [0.5, 0.6) is 0 Å². The maximum absolute atomic E-state index is 14.5. The summed E-state index contributed by atoms with van der Waals surface area (Å²) >= 11 is 5.63. The van der Waals surface area contributed by atoms with Gasteiger partial charge in [0, 0.05) is 11.7 Å². The SMILES string of the molecule is O=C(C[C@H]1C(=O)N(c2ccccc2F)C(=S)N1C1CCCCC1)Nc1ccc(F)cc1. The van der Waals surface area contributed by atoms with Gasteiger partial charge in [0.2, 0.25) is 5.91 Å². The third-order valence-corrected chi connectivity index (χ3v) is 6.21. The minimum Gasteiger partial charge on any atom is -0.333 e. The van der Waals surface area contributed by atoms with E-state index in [0.29, 0.717) is 5.69 Å². The van der Waals surface area contributed by atoms with E-state index >= 15 is 0 Å². The van der Waals surface area contributed by atoms with Gasteiger partial charge >= 0.3 is 0 Å². The van der Waals surface area contributed by atoms with Gasteiger partial charge in [-0.1, -0.05) is 31.4 Å². The number of nitrogens with one attached hydrogen (secondary N) is 1. The molecule has 5 nitrogen and oxygen atoms in total. The normalized spacial score (nSPS) is 19.7. The Morgan fingerprint density at radius 3 is 2.39 bits per heavy atom. The predicted octanol–water partition coefficient (Wildman–Crippen LogP) is 4.63. The van der Waals surface area contributed by atoms with Crippen molar-refractivity contribution < 1.29 is 18.4 Å². The molecule has 1 saturated heterocycles. The van der Waals surface area contributed by atoms with Crippen LogP contribution in [0.2, 0.25) is 0 Å². The van der Waals surface area contributed by atoms with E-state index in [9.17, 15) is 18.4 Å². The lowest BCUT2D eigenvalue weighted by atomic mass is 9.93. The number of anilines is 2. The van der Waals surface area contributed by atoms with Crippen molar-refractivity contribution in [2.75, 3.05) is 10.2 Å². The van der Waals surface area contributed by atoms with Crippen molar-refractivity contribution in [2.24, 2.45) is 0 Å². The summed E-state index contributed by atoms with van der Waals surface area (Å²) in [5.41, 5.74) is 0.536. The van der Waals surface area contributed by atoms with Crippen molar-refractivity contribution in [2.45, 2.75) is 50.6 Å². The van der Waals surface area contributed by atoms with E-state index in [-0.39, 0.29) is 29.2 Å². The monoisotopic (exact) mass is 443 g/mol. The molecular formula is C23H23F2N3O2S. The molecule has 1 aliphatic carbocycles. The summed E-state index contributed by atoms with van der Waals surface area (Å²) in [6.07, 6.45) is 4.77. The number of hydrogen-bond donors (Lipinski definition) is 1. The summed E-state index contributed by atoms with van der Waals surface area (Å²) < 4.78 is 27.6. The summed E-state index contributed by atoms with van der Waals surface area (Å²) in [5.74, 6) is -1.74. The molecule has 0 bridgehead atoms. The number of rotatable bonds is 5. The van der Waals surface area contributed by atoms with Crippen molar-refractivity contribution in [3.8, 4) is 0 Å². The first-order valence-corrected chi connectivity index (χ1v) is 10.8. The number of carbonyl (C=O) groups is 2. The molecule has 1 N–H and O–H groups in total. The lowest BCUT2D eigenvalue weighted by molar-refractivity contribution is -0.125. The van der Waals surface area contributed by atoms with Gasteiger partial charge in [-0.15, -0.1) is 0 Å². The number of carbonyl (C=O) groups excluding carboxylic acids is 2. The standard InChI is InChI=1S/C23H23F2N3O2S/c24-15-10-12-16(13-11-15)26-21(29)14-20-22(30)28(19-9-5-4-8-18(19)25)23(31)27(20)17-6-2-1-3-7-17/h4-5,8-13,17,20H,1-3,6-7,14H2,(H,26,29)/t20-/m0/s1. The van der Waals surface area contributed by atoms with Crippen LogP contribution < -0.4 is 10.2 Å². The van der Waals surface area contributed by atoms with Crippen LogP contribution in [-0.4, -0.2) is 33.9 Å². The van der Waals surface area contributed by atoms with Gasteiger partial charge in [0.15, 0.2) is 5.11 Å². The molecule has 2 aromatic rings. The Kier molecular flexibility index (Phi) is 6.27. The highest BCUT2D eigenvalue weighted by atomic mass is 32.1. The molecule has 1 atom stereocenters. The lowest BCUT2D eigenvalue weighted by Gasteiger charge is -2.35. The predicted molar refractivity (Wildman–Crippen MR) is 119 cm³/mol. The molecule has 1 aliphatic heterocycles. The summed E-state index contributed by atoms with van der Waals surface area (Å²) in [6.45, 7) is 0. The summed E-state index contributed by atoms with van der Waals surface area (Å²) in [5, 5.41) is 2.94. The first kappa shape index (κ1) is 21.4. The zero-order valence-corrected chi connectivity index (χ0v) is 17.7. The number of para-hydroxylation sites is 1. The Morgan fingerprint density at radius 1 is 1.03 bits per heavy atom. The molecule has 0 spiro atoms. The zero-order valence-electron chi connectivity index (χ0n) is 16.9. The van der Waals surface area contributed by atoms with Gasteiger partial charge < -0.3 is 10.2 Å². The fourth-order valence-corrected chi connectivity index (χ4v) is 4.81. The Hall–Kier alpha value is -2.87. The van der Waals surface area contributed by atoms with Gasteiger partial charge in [-0.3, -0.25) is 14.5 Å². The van der Waals surface area contributed by atoms with Crippen LogP contribution in [0, 0.1) is 11.6 Å². The summed E-state index contributed by atoms with van der Waals surface area (Å²) in [6, 6.07) is 10.6. The molecule has 0 aromatic heterocycles. The van der Waals surface area contributed by atoms with E-state index < -0.39 is 23.6 Å². The van der Waals surface area contributed by atoms with Crippen LogP contribution in [0.4, 0.5) is 20.2 Å². The highest BCUT2D eigenvalue weighted by Crippen LogP contribution is 2.34. The van der Waals surface area contributed by atoms with Gasteiger partial charge in [-0.25, -0.2) is 8.78 Å². The van der Waals surface area contributed by atoms with Crippen LogP contribution in [0.25, 0.3) is 0 Å². The van der Waals surface area contributed by atoms with E-state index in [2.05, 4.69) is 5.32 Å². The van der Waals surface area contributed by atoms with Crippen LogP contribution in [0.1, 0.15) is 38.5 Å². The van der Waals surface area contributed by atoms with Crippen molar-refractivity contribution in [1.82, 2.24) is 4.90 Å². The minimum absolute atomic E-state index is 0.0330. The summed E-state index contributed by atoms with van der Waals surface area (Å²) in [4.78, 5) is 29.1. The Morgan fingerprint density at radius 2 is 1.71 bits per heavy atom. The zero-order chi connectivity index (χ0) is 22.0. The lowest BCUT2D eigenvalue weighted by Crippen LogP contribution is -2.45. The van der Waals surface area contributed by atoms with Crippen LogP contribution in [0.3, 0.4) is 0 Å². The Bertz CT molecular complexity index is 993. The number of halogens is 2.